The second kappa shape index (κ2) is 4.35. The van der Waals surface area contributed by atoms with Crippen molar-refractivity contribution < 1.29 is 9.90 Å². The first kappa shape index (κ1) is 10.7. The third-order valence-electron chi connectivity index (χ3n) is 3.48. The van der Waals surface area contributed by atoms with E-state index < -0.39 is 5.97 Å². The van der Waals surface area contributed by atoms with Crippen molar-refractivity contribution in [2.24, 2.45) is 17.8 Å². The van der Waals surface area contributed by atoms with Crippen LogP contribution in [-0.4, -0.2) is 24.2 Å². The summed E-state index contributed by atoms with van der Waals surface area (Å²) in [6.45, 7) is 4.91. The quantitative estimate of drug-likeness (QED) is 0.627. The maximum absolute atomic E-state index is 10.5. The highest BCUT2D eigenvalue weighted by molar-refractivity contribution is 5.86. The number of hydrogen-bond acceptors (Lipinski definition) is 2. The average molecular weight is 209 g/mol. The molecule has 0 spiro atoms. The summed E-state index contributed by atoms with van der Waals surface area (Å²) < 4.78 is 0. The number of carboxylic acid groups (broad SMARTS) is 1. The fourth-order valence-electron chi connectivity index (χ4n) is 2.23. The standard InChI is InChI=1S/C12H19NO2/c1-8(12(14)15)6-13-7-11(9-2-3-9)10-4-5-10/h9-11,13H,1-7H2,(H,14,15). The fraction of sp³-hybridized carbons (Fsp3) is 0.750. The molecule has 0 aliphatic heterocycles. The highest BCUT2D eigenvalue weighted by Crippen LogP contribution is 2.48. The normalized spacial score (nSPS) is 20.6. The van der Waals surface area contributed by atoms with E-state index in [0.717, 1.165) is 24.3 Å². The van der Waals surface area contributed by atoms with Crippen LogP contribution in [0, 0.1) is 17.8 Å². The second-order valence-corrected chi connectivity index (χ2v) is 4.88. The Morgan fingerprint density at radius 1 is 1.33 bits per heavy atom. The molecule has 0 amide bonds. The van der Waals surface area contributed by atoms with E-state index >= 15 is 0 Å². The van der Waals surface area contributed by atoms with Gasteiger partial charge in [0.1, 0.15) is 0 Å². The van der Waals surface area contributed by atoms with E-state index in [1.807, 2.05) is 0 Å². The molecule has 84 valence electrons. The molecule has 0 aromatic heterocycles. The third kappa shape index (κ3) is 3.06. The van der Waals surface area contributed by atoms with E-state index in [9.17, 15) is 4.79 Å². The predicted molar refractivity (Wildman–Crippen MR) is 58.6 cm³/mol. The number of aliphatic carboxylic acids is 1. The summed E-state index contributed by atoms with van der Waals surface area (Å²) in [6, 6.07) is 0. The molecule has 2 aliphatic carbocycles. The van der Waals surface area contributed by atoms with Gasteiger partial charge in [0.05, 0.1) is 0 Å². The van der Waals surface area contributed by atoms with E-state index in [2.05, 4.69) is 11.9 Å². The van der Waals surface area contributed by atoms with E-state index in [4.69, 9.17) is 5.11 Å². The topological polar surface area (TPSA) is 49.3 Å². The van der Waals surface area contributed by atoms with Gasteiger partial charge in [-0.1, -0.05) is 6.58 Å². The molecule has 15 heavy (non-hydrogen) atoms. The highest BCUT2D eigenvalue weighted by atomic mass is 16.4. The zero-order valence-electron chi connectivity index (χ0n) is 9.04. The summed E-state index contributed by atoms with van der Waals surface area (Å²) in [7, 11) is 0. The molecule has 2 fully saturated rings. The molecule has 2 rings (SSSR count). The lowest BCUT2D eigenvalue weighted by Gasteiger charge is -2.16. The average Bonchev–Trinajstić information content (AvgIpc) is 3.01. The van der Waals surface area contributed by atoms with E-state index in [1.54, 1.807) is 0 Å². The van der Waals surface area contributed by atoms with Crippen LogP contribution in [0.5, 0.6) is 0 Å². The summed E-state index contributed by atoms with van der Waals surface area (Å²) in [5, 5.41) is 11.9. The van der Waals surface area contributed by atoms with Gasteiger partial charge in [0.2, 0.25) is 0 Å². The second-order valence-electron chi connectivity index (χ2n) is 4.88. The maximum atomic E-state index is 10.5. The Kier molecular flexibility index (Phi) is 3.10. The summed E-state index contributed by atoms with van der Waals surface area (Å²) in [5.74, 6) is 1.75. The van der Waals surface area contributed by atoms with E-state index in [-0.39, 0.29) is 5.57 Å². The molecule has 0 atom stereocenters. The van der Waals surface area contributed by atoms with Crippen molar-refractivity contribution >= 4 is 5.97 Å². The summed E-state index contributed by atoms with van der Waals surface area (Å²) >= 11 is 0. The van der Waals surface area contributed by atoms with Gasteiger partial charge in [0, 0.05) is 12.1 Å². The molecule has 0 unspecified atom stereocenters. The summed E-state index contributed by atoms with van der Waals surface area (Å²) in [6.07, 6.45) is 5.51. The van der Waals surface area contributed by atoms with Crippen LogP contribution in [-0.2, 0) is 4.79 Å². The van der Waals surface area contributed by atoms with Crippen molar-refractivity contribution in [3.8, 4) is 0 Å². The minimum atomic E-state index is -0.892. The smallest absolute Gasteiger partial charge is 0.332 e. The minimum Gasteiger partial charge on any atom is -0.478 e. The predicted octanol–water partition coefficient (Wildman–Crippen LogP) is 1.65. The SMILES string of the molecule is C=C(CNCC(C1CC1)C1CC1)C(=O)O. The zero-order valence-corrected chi connectivity index (χ0v) is 9.04. The molecule has 0 bridgehead atoms. The highest BCUT2D eigenvalue weighted by Gasteiger charge is 2.40. The molecule has 0 aromatic carbocycles. The number of carboxylic acids is 1. The Morgan fingerprint density at radius 2 is 1.87 bits per heavy atom. The van der Waals surface area contributed by atoms with Crippen LogP contribution < -0.4 is 5.32 Å². The number of nitrogens with one attached hydrogen (secondary N) is 1. The van der Waals surface area contributed by atoms with Gasteiger partial charge >= 0.3 is 5.97 Å². The van der Waals surface area contributed by atoms with Crippen LogP contribution in [0.2, 0.25) is 0 Å². The lowest BCUT2D eigenvalue weighted by atomic mass is 9.98. The zero-order chi connectivity index (χ0) is 10.8. The van der Waals surface area contributed by atoms with Crippen LogP contribution in [0.25, 0.3) is 0 Å². The monoisotopic (exact) mass is 209 g/mol. The molecule has 0 radical (unpaired) electrons. The Bertz CT molecular complexity index is 255. The minimum absolute atomic E-state index is 0.264. The van der Waals surface area contributed by atoms with Gasteiger partial charge in [-0.05, 0) is 50.0 Å². The Balaban J connectivity index is 1.67. The summed E-state index contributed by atoms with van der Waals surface area (Å²) in [5.41, 5.74) is 0.264. The molecule has 0 aromatic rings. The van der Waals surface area contributed by atoms with Gasteiger partial charge in [-0.25, -0.2) is 4.79 Å². The van der Waals surface area contributed by atoms with Crippen molar-refractivity contribution in [2.45, 2.75) is 25.7 Å². The molecule has 2 N–H and O–H groups in total. The van der Waals surface area contributed by atoms with Gasteiger partial charge in [-0.2, -0.15) is 0 Å². The van der Waals surface area contributed by atoms with E-state index in [1.165, 1.54) is 25.7 Å². The van der Waals surface area contributed by atoms with Crippen molar-refractivity contribution in [2.75, 3.05) is 13.1 Å². The molecule has 3 heteroatoms. The molecule has 2 aliphatic rings. The van der Waals surface area contributed by atoms with Crippen molar-refractivity contribution in [3.63, 3.8) is 0 Å². The number of rotatable bonds is 7. The molecular weight excluding hydrogens is 190 g/mol. The van der Waals surface area contributed by atoms with Crippen LogP contribution in [0.3, 0.4) is 0 Å². The maximum Gasteiger partial charge on any atom is 0.332 e. The van der Waals surface area contributed by atoms with Crippen LogP contribution in [0.4, 0.5) is 0 Å². The Hall–Kier alpha value is -0.830. The van der Waals surface area contributed by atoms with Crippen molar-refractivity contribution in [1.82, 2.24) is 5.32 Å². The fourth-order valence-corrected chi connectivity index (χ4v) is 2.23. The first-order chi connectivity index (χ1) is 7.18. The lowest BCUT2D eigenvalue weighted by Crippen LogP contribution is -2.28. The van der Waals surface area contributed by atoms with Crippen molar-refractivity contribution in [1.29, 1.82) is 0 Å². The number of carbonyl (C=O) groups is 1. The first-order valence-electron chi connectivity index (χ1n) is 5.80. The van der Waals surface area contributed by atoms with Crippen LogP contribution in [0.1, 0.15) is 25.7 Å². The van der Waals surface area contributed by atoms with Crippen molar-refractivity contribution in [3.05, 3.63) is 12.2 Å². The van der Waals surface area contributed by atoms with Gasteiger partial charge in [-0.3, -0.25) is 0 Å². The van der Waals surface area contributed by atoms with Gasteiger partial charge in [-0.15, -0.1) is 0 Å². The third-order valence-corrected chi connectivity index (χ3v) is 3.48. The molecule has 2 saturated carbocycles. The van der Waals surface area contributed by atoms with E-state index in [0.29, 0.717) is 6.54 Å². The largest absolute Gasteiger partial charge is 0.478 e. The van der Waals surface area contributed by atoms with Gasteiger partial charge < -0.3 is 10.4 Å². The van der Waals surface area contributed by atoms with Crippen LogP contribution >= 0.6 is 0 Å². The van der Waals surface area contributed by atoms with Gasteiger partial charge in [0.25, 0.3) is 0 Å². The Labute approximate surface area is 90.6 Å². The lowest BCUT2D eigenvalue weighted by molar-refractivity contribution is -0.132. The number of hydrogen-bond donors (Lipinski definition) is 2. The Morgan fingerprint density at radius 3 is 2.27 bits per heavy atom. The first-order valence-corrected chi connectivity index (χ1v) is 5.80. The molecule has 0 heterocycles. The summed E-state index contributed by atoms with van der Waals surface area (Å²) in [4.78, 5) is 10.5. The molecule has 3 nitrogen and oxygen atoms in total. The molecule has 0 saturated heterocycles. The van der Waals surface area contributed by atoms with Gasteiger partial charge in [0.15, 0.2) is 0 Å². The van der Waals surface area contributed by atoms with Crippen LogP contribution in [0.15, 0.2) is 12.2 Å². The molecular formula is C12H19NO2.